The van der Waals surface area contributed by atoms with E-state index in [1.807, 2.05) is 24.7 Å². The highest BCUT2D eigenvalue weighted by Crippen LogP contribution is 2.42. The van der Waals surface area contributed by atoms with Crippen molar-refractivity contribution < 1.29 is 4.74 Å². The number of anilines is 2. The first-order chi connectivity index (χ1) is 14.1. The number of fused-ring (bicyclic) bond motifs is 1. The lowest BCUT2D eigenvalue weighted by Gasteiger charge is -2.48. The highest BCUT2D eigenvalue weighted by molar-refractivity contribution is 5.71. The highest BCUT2D eigenvalue weighted by atomic mass is 16.5. The van der Waals surface area contributed by atoms with Crippen LogP contribution in [0, 0.1) is 19.3 Å². The molecule has 0 unspecified atom stereocenters. The summed E-state index contributed by atoms with van der Waals surface area (Å²) < 4.78 is 7.28. The van der Waals surface area contributed by atoms with Gasteiger partial charge >= 0.3 is 0 Å². The molecule has 3 aromatic heterocycles. The molecular weight excluding hydrogens is 368 g/mol. The Hall–Kier alpha value is -2.81. The van der Waals surface area contributed by atoms with Crippen molar-refractivity contribution in [3.05, 3.63) is 30.0 Å². The van der Waals surface area contributed by atoms with E-state index in [0.717, 1.165) is 60.5 Å². The predicted octanol–water partition coefficient (Wildman–Crippen LogP) is 1.52. The van der Waals surface area contributed by atoms with Crippen LogP contribution in [0.1, 0.15) is 24.0 Å². The van der Waals surface area contributed by atoms with Crippen LogP contribution in [0.25, 0.3) is 11.2 Å². The standard InChI is InChI=1S/C20H24N8O/c1-13-5-17(24-14(2)23-13)27-11-20(12-27)3-4-26(10-20)18-7-21-16-6-22-28(19(16)25-18)15-8-29-9-15/h5-7,15H,3-4,8-12H2,1-2H3. The van der Waals surface area contributed by atoms with Crippen molar-refractivity contribution in [3.8, 4) is 0 Å². The molecule has 0 amide bonds. The van der Waals surface area contributed by atoms with Gasteiger partial charge in [0.2, 0.25) is 0 Å². The van der Waals surface area contributed by atoms with E-state index in [1.54, 1.807) is 6.20 Å². The highest BCUT2D eigenvalue weighted by Gasteiger charge is 2.48. The third-order valence-corrected chi connectivity index (χ3v) is 6.35. The second-order valence-corrected chi connectivity index (χ2v) is 8.66. The summed E-state index contributed by atoms with van der Waals surface area (Å²) in [5.41, 5.74) is 3.04. The molecule has 3 aliphatic heterocycles. The minimum Gasteiger partial charge on any atom is -0.377 e. The van der Waals surface area contributed by atoms with Gasteiger partial charge in [-0.15, -0.1) is 0 Å². The molecule has 0 atom stereocenters. The second kappa shape index (κ2) is 6.09. The van der Waals surface area contributed by atoms with Crippen molar-refractivity contribution in [2.24, 2.45) is 5.41 Å². The average Bonchev–Trinajstić information content (AvgIpc) is 3.23. The summed E-state index contributed by atoms with van der Waals surface area (Å²) in [7, 11) is 0. The van der Waals surface area contributed by atoms with Crippen LogP contribution in [0.3, 0.4) is 0 Å². The van der Waals surface area contributed by atoms with Crippen LogP contribution in [-0.4, -0.2) is 69.1 Å². The first-order valence-corrected chi connectivity index (χ1v) is 10.2. The number of hydrogen-bond acceptors (Lipinski definition) is 8. The first kappa shape index (κ1) is 17.1. The number of ether oxygens (including phenoxy) is 1. The van der Waals surface area contributed by atoms with E-state index in [2.05, 4.69) is 35.9 Å². The van der Waals surface area contributed by atoms with Gasteiger partial charge in [-0.25, -0.2) is 24.6 Å². The van der Waals surface area contributed by atoms with E-state index in [-0.39, 0.29) is 6.04 Å². The molecule has 9 nitrogen and oxygen atoms in total. The summed E-state index contributed by atoms with van der Waals surface area (Å²) in [6.07, 6.45) is 4.85. The lowest BCUT2D eigenvalue weighted by Crippen LogP contribution is -2.58. The molecule has 150 valence electrons. The van der Waals surface area contributed by atoms with E-state index >= 15 is 0 Å². The molecule has 0 aliphatic carbocycles. The lowest BCUT2D eigenvalue weighted by atomic mass is 9.79. The van der Waals surface area contributed by atoms with Crippen molar-refractivity contribution in [2.75, 3.05) is 49.2 Å². The van der Waals surface area contributed by atoms with Gasteiger partial charge in [0.25, 0.3) is 0 Å². The van der Waals surface area contributed by atoms with Gasteiger partial charge in [0, 0.05) is 43.4 Å². The Balaban J connectivity index is 1.19. The van der Waals surface area contributed by atoms with Crippen molar-refractivity contribution in [2.45, 2.75) is 26.3 Å². The average molecular weight is 392 g/mol. The second-order valence-electron chi connectivity index (χ2n) is 8.66. The van der Waals surface area contributed by atoms with Gasteiger partial charge in [0.1, 0.15) is 29.0 Å². The van der Waals surface area contributed by atoms with Crippen molar-refractivity contribution in [1.82, 2.24) is 29.7 Å². The van der Waals surface area contributed by atoms with Crippen LogP contribution in [0.5, 0.6) is 0 Å². The van der Waals surface area contributed by atoms with Gasteiger partial charge in [-0.2, -0.15) is 5.10 Å². The van der Waals surface area contributed by atoms with Crippen LogP contribution in [-0.2, 0) is 4.74 Å². The zero-order valence-corrected chi connectivity index (χ0v) is 16.7. The summed E-state index contributed by atoms with van der Waals surface area (Å²) in [6, 6.07) is 2.36. The van der Waals surface area contributed by atoms with E-state index in [4.69, 9.17) is 9.72 Å². The van der Waals surface area contributed by atoms with Crippen molar-refractivity contribution in [1.29, 1.82) is 0 Å². The SMILES string of the molecule is Cc1cc(N2CC3(CCN(c4cnc5cnn(C6COC6)c5n4)C3)C2)nc(C)n1. The number of rotatable bonds is 3. The molecule has 29 heavy (non-hydrogen) atoms. The zero-order valence-electron chi connectivity index (χ0n) is 16.7. The molecule has 9 heteroatoms. The molecule has 0 radical (unpaired) electrons. The molecule has 0 aromatic carbocycles. The Morgan fingerprint density at radius 3 is 2.59 bits per heavy atom. The van der Waals surface area contributed by atoms with Gasteiger partial charge < -0.3 is 14.5 Å². The number of aromatic nitrogens is 6. The molecular formula is C20H24N8O. The van der Waals surface area contributed by atoms with Gasteiger partial charge in [0.05, 0.1) is 25.6 Å². The monoisotopic (exact) mass is 392 g/mol. The zero-order chi connectivity index (χ0) is 19.6. The summed E-state index contributed by atoms with van der Waals surface area (Å²) in [4.78, 5) is 23.3. The fourth-order valence-corrected chi connectivity index (χ4v) is 4.77. The van der Waals surface area contributed by atoms with E-state index in [9.17, 15) is 0 Å². The van der Waals surface area contributed by atoms with Crippen LogP contribution < -0.4 is 9.80 Å². The van der Waals surface area contributed by atoms with Crippen molar-refractivity contribution >= 4 is 22.8 Å². The maximum atomic E-state index is 5.32. The fraction of sp³-hybridized carbons (Fsp3) is 0.550. The number of hydrogen-bond donors (Lipinski definition) is 0. The van der Waals surface area contributed by atoms with Gasteiger partial charge in [-0.1, -0.05) is 0 Å². The van der Waals surface area contributed by atoms with Crippen LogP contribution in [0.15, 0.2) is 18.5 Å². The lowest BCUT2D eigenvalue weighted by molar-refractivity contribution is -0.0269. The normalized spacial score (nSPS) is 21.0. The fourth-order valence-electron chi connectivity index (χ4n) is 4.77. The van der Waals surface area contributed by atoms with Gasteiger partial charge in [0.15, 0.2) is 5.65 Å². The molecule has 0 saturated carbocycles. The number of nitrogens with zero attached hydrogens (tertiary/aromatic N) is 8. The predicted molar refractivity (Wildman–Crippen MR) is 108 cm³/mol. The summed E-state index contributed by atoms with van der Waals surface area (Å²) in [6.45, 7) is 9.47. The maximum absolute atomic E-state index is 5.32. The van der Waals surface area contributed by atoms with Crippen LogP contribution in [0.2, 0.25) is 0 Å². The Morgan fingerprint density at radius 1 is 1.00 bits per heavy atom. The van der Waals surface area contributed by atoms with E-state index in [1.165, 1.54) is 6.42 Å². The molecule has 3 aliphatic rings. The minimum absolute atomic E-state index is 0.280. The third-order valence-electron chi connectivity index (χ3n) is 6.35. The number of aryl methyl sites for hydroxylation is 2. The summed E-state index contributed by atoms with van der Waals surface area (Å²) in [5.74, 6) is 2.83. The molecule has 6 heterocycles. The van der Waals surface area contributed by atoms with Crippen molar-refractivity contribution in [3.63, 3.8) is 0 Å². The Kier molecular flexibility index (Phi) is 3.59. The Labute approximate surface area is 168 Å². The van der Waals surface area contributed by atoms with Gasteiger partial charge in [-0.3, -0.25) is 0 Å². The quantitative estimate of drug-likeness (QED) is 0.663. The molecule has 1 spiro atoms. The van der Waals surface area contributed by atoms with E-state index < -0.39 is 0 Å². The Morgan fingerprint density at radius 2 is 1.83 bits per heavy atom. The molecule has 0 N–H and O–H groups in total. The third kappa shape index (κ3) is 2.75. The minimum atomic E-state index is 0.280. The summed E-state index contributed by atoms with van der Waals surface area (Å²) >= 11 is 0. The molecule has 6 rings (SSSR count). The molecule has 3 saturated heterocycles. The van der Waals surface area contributed by atoms with Gasteiger partial charge in [-0.05, 0) is 20.3 Å². The largest absolute Gasteiger partial charge is 0.377 e. The molecule has 0 bridgehead atoms. The smallest absolute Gasteiger partial charge is 0.179 e. The van der Waals surface area contributed by atoms with Crippen LogP contribution in [0.4, 0.5) is 11.6 Å². The first-order valence-electron chi connectivity index (χ1n) is 10.2. The van der Waals surface area contributed by atoms with E-state index in [0.29, 0.717) is 18.6 Å². The molecule has 3 fully saturated rings. The topological polar surface area (TPSA) is 85.1 Å². The summed E-state index contributed by atoms with van der Waals surface area (Å²) in [5, 5.41) is 4.47. The van der Waals surface area contributed by atoms with Crippen LogP contribution >= 0.6 is 0 Å². The maximum Gasteiger partial charge on any atom is 0.179 e. The Bertz CT molecular complexity index is 1070. The molecule has 3 aromatic rings.